The molecule has 1 N–H and O–H groups in total. The van der Waals surface area contributed by atoms with Crippen LogP contribution < -0.4 is 5.69 Å². The molecular formula is C17H23N3O. The highest BCUT2D eigenvalue weighted by Gasteiger charge is 2.23. The summed E-state index contributed by atoms with van der Waals surface area (Å²) in [4.78, 5) is 17.6. The molecule has 0 bridgehead atoms. The Labute approximate surface area is 125 Å². The van der Waals surface area contributed by atoms with E-state index in [0.29, 0.717) is 6.04 Å². The van der Waals surface area contributed by atoms with Gasteiger partial charge in [-0.15, -0.1) is 0 Å². The molecule has 2 heterocycles. The molecule has 0 aliphatic carbocycles. The zero-order chi connectivity index (χ0) is 14.8. The van der Waals surface area contributed by atoms with E-state index in [9.17, 15) is 4.79 Å². The van der Waals surface area contributed by atoms with Crippen LogP contribution in [0.2, 0.25) is 0 Å². The molecule has 2 aromatic rings. The second-order valence-corrected chi connectivity index (χ2v) is 5.93. The number of nitrogens with zero attached hydrogens (tertiary/aromatic N) is 2. The Bertz CT molecular complexity index is 689. The molecule has 4 heteroatoms. The minimum absolute atomic E-state index is 0.0209. The average molecular weight is 285 g/mol. The van der Waals surface area contributed by atoms with Crippen LogP contribution in [0, 0.1) is 0 Å². The molecule has 1 aromatic carbocycles. The van der Waals surface area contributed by atoms with Crippen LogP contribution in [-0.2, 0) is 0 Å². The van der Waals surface area contributed by atoms with Gasteiger partial charge in [-0.2, -0.15) is 0 Å². The number of fused-ring (bicyclic) bond motifs is 1. The molecule has 1 saturated heterocycles. The monoisotopic (exact) mass is 285 g/mol. The minimum Gasteiger partial charge on any atom is -0.306 e. The average Bonchev–Trinajstić information content (AvgIpc) is 2.84. The molecule has 0 unspecified atom stereocenters. The summed E-state index contributed by atoms with van der Waals surface area (Å²) < 4.78 is 1.95. The number of nitrogens with one attached hydrogen (secondary N) is 1. The normalized spacial score (nSPS) is 17.4. The summed E-state index contributed by atoms with van der Waals surface area (Å²) in [6.45, 7) is 9.31. The van der Waals surface area contributed by atoms with E-state index in [1.54, 1.807) is 0 Å². The van der Waals surface area contributed by atoms with E-state index in [1.165, 1.54) is 5.57 Å². The van der Waals surface area contributed by atoms with Crippen molar-refractivity contribution in [3.63, 3.8) is 0 Å². The van der Waals surface area contributed by atoms with Gasteiger partial charge in [0.15, 0.2) is 0 Å². The van der Waals surface area contributed by atoms with Gasteiger partial charge in [-0.05, 0) is 31.4 Å². The highest BCUT2D eigenvalue weighted by molar-refractivity contribution is 5.75. The first-order chi connectivity index (χ1) is 10.2. The molecule has 3 rings (SSSR count). The molecule has 1 aliphatic heterocycles. The van der Waals surface area contributed by atoms with Gasteiger partial charge < -0.3 is 4.98 Å². The number of H-pyrrole nitrogens is 1. The highest BCUT2D eigenvalue weighted by Crippen LogP contribution is 2.25. The number of benzene rings is 1. The van der Waals surface area contributed by atoms with Crippen LogP contribution in [0.3, 0.4) is 0 Å². The Kier molecular flexibility index (Phi) is 3.97. The van der Waals surface area contributed by atoms with Gasteiger partial charge in [0.25, 0.3) is 0 Å². The van der Waals surface area contributed by atoms with Gasteiger partial charge in [0.05, 0.1) is 11.0 Å². The zero-order valence-electron chi connectivity index (χ0n) is 12.6. The summed E-state index contributed by atoms with van der Waals surface area (Å²) >= 11 is 0. The van der Waals surface area contributed by atoms with Crippen molar-refractivity contribution in [2.75, 3.05) is 19.6 Å². The third kappa shape index (κ3) is 2.81. The first-order valence-electron chi connectivity index (χ1n) is 7.77. The van der Waals surface area contributed by atoms with E-state index in [1.807, 2.05) is 28.8 Å². The zero-order valence-corrected chi connectivity index (χ0v) is 12.6. The fraction of sp³-hybridized carbons (Fsp3) is 0.471. The Balaban J connectivity index is 1.76. The van der Waals surface area contributed by atoms with Gasteiger partial charge in [-0.25, -0.2) is 4.79 Å². The number of aromatic nitrogens is 2. The van der Waals surface area contributed by atoms with Crippen molar-refractivity contribution >= 4 is 11.0 Å². The molecule has 0 atom stereocenters. The third-order valence-electron chi connectivity index (χ3n) is 4.49. The summed E-state index contributed by atoms with van der Waals surface area (Å²) in [5.74, 6) is 0. The lowest BCUT2D eigenvalue weighted by molar-refractivity contribution is 0.199. The molecular weight excluding hydrogens is 262 g/mol. The van der Waals surface area contributed by atoms with E-state index < -0.39 is 0 Å². The topological polar surface area (TPSA) is 41.0 Å². The van der Waals surface area contributed by atoms with Crippen LogP contribution in [0.15, 0.2) is 41.2 Å². The molecule has 0 amide bonds. The number of rotatable bonds is 4. The Hall–Kier alpha value is -1.81. The van der Waals surface area contributed by atoms with Crippen molar-refractivity contribution in [3.05, 3.63) is 46.9 Å². The second kappa shape index (κ2) is 5.90. The van der Waals surface area contributed by atoms with Crippen LogP contribution in [-0.4, -0.2) is 34.1 Å². The van der Waals surface area contributed by atoms with E-state index in [4.69, 9.17) is 0 Å². The molecule has 21 heavy (non-hydrogen) atoms. The first-order valence-corrected chi connectivity index (χ1v) is 7.77. The number of para-hydroxylation sites is 2. The number of likely N-dealkylation sites (tertiary alicyclic amines) is 1. The minimum atomic E-state index is 0.0209. The summed E-state index contributed by atoms with van der Waals surface area (Å²) in [5.41, 5.74) is 3.27. The SMILES string of the molecule is C=C(CC)CN1CCC(n2c(=O)[nH]c3ccccc32)CC1. The molecule has 1 aliphatic rings. The van der Waals surface area contributed by atoms with E-state index in [-0.39, 0.29) is 5.69 Å². The van der Waals surface area contributed by atoms with Gasteiger partial charge in [-0.3, -0.25) is 9.47 Å². The van der Waals surface area contributed by atoms with Crippen molar-refractivity contribution in [1.82, 2.24) is 14.5 Å². The lowest BCUT2D eigenvalue weighted by atomic mass is 10.0. The molecule has 4 nitrogen and oxygen atoms in total. The van der Waals surface area contributed by atoms with Crippen LogP contribution >= 0.6 is 0 Å². The maximum absolute atomic E-state index is 12.2. The van der Waals surface area contributed by atoms with Gasteiger partial charge >= 0.3 is 5.69 Å². The van der Waals surface area contributed by atoms with Crippen molar-refractivity contribution in [1.29, 1.82) is 0 Å². The fourth-order valence-corrected chi connectivity index (χ4v) is 3.20. The highest BCUT2D eigenvalue weighted by atomic mass is 16.1. The summed E-state index contributed by atoms with van der Waals surface area (Å²) in [6.07, 6.45) is 3.10. The molecule has 1 fully saturated rings. The van der Waals surface area contributed by atoms with Crippen molar-refractivity contribution < 1.29 is 0 Å². The lowest BCUT2D eigenvalue weighted by Gasteiger charge is -2.32. The quantitative estimate of drug-likeness (QED) is 0.878. The summed E-state index contributed by atoms with van der Waals surface area (Å²) in [7, 11) is 0. The standard InChI is InChI=1S/C17H23N3O/c1-3-13(2)12-19-10-8-14(9-11-19)20-16-7-5-4-6-15(16)18-17(20)21/h4-7,14H,2-3,8-12H2,1H3,(H,18,21). The van der Waals surface area contributed by atoms with E-state index in [0.717, 1.165) is 49.9 Å². The van der Waals surface area contributed by atoms with Gasteiger partial charge in [-0.1, -0.05) is 31.2 Å². The molecule has 1 aromatic heterocycles. The van der Waals surface area contributed by atoms with Crippen molar-refractivity contribution in [3.8, 4) is 0 Å². The van der Waals surface area contributed by atoms with Crippen molar-refractivity contribution in [2.45, 2.75) is 32.2 Å². The first kappa shape index (κ1) is 14.1. The van der Waals surface area contributed by atoms with Crippen LogP contribution in [0.4, 0.5) is 0 Å². The number of aromatic amines is 1. The smallest absolute Gasteiger partial charge is 0.306 e. The van der Waals surface area contributed by atoms with Gasteiger partial charge in [0.1, 0.15) is 0 Å². The predicted octanol–water partition coefficient (Wildman–Crippen LogP) is 2.93. The summed E-state index contributed by atoms with van der Waals surface area (Å²) in [5, 5.41) is 0. The Morgan fingerprint density at radius 3 is 2.76 bits per heavy atom. The molecule has 112 valence electrons. The van der Waals surface area contributed by atoms with Crippen molar-refractivity contribution in [2.24, 2.45) is 0 Å². The van der Waals surface area contributed by atoms with Gasteiger partial charge in [0, 0.05) is 25.7 Å². The third-order valence-corrected chi connectivity index (χ3v) is 4.49. The lowest BCUT2D eigenvalue weighted by Crippen LogP contribution is -2.37. The van der Waals surface area contributed by atoms with Crippen LogP contribution in [0.1, 0.15) is 32.2 Å². The van der Waals surface area contributed by atoms with E-state index >= 15 is 0 Å². The maximum Gasteiger partial charge on any atom is 0.326 e. The largest absolute Gasteiger partial charge is 0.326 e. The molecule has 0 spiro atoms. The number of hydrogen-bond donors (Lipinski definition) is 1. The predicted molar refractivity (Wildman–Crippen MR) is 86.7 cm³/mol. The van der Waals surface area contributed by atoms with E-state index in [2.05, 4.69) is 23.4 Å². The van der Waals surface area contributed by atoms with Crippen LogP contribution in [0.25, 0.3) is 11.0 Å². The molecule has 0 saturated carbocycles. The number of hydrogen-bond acceptors (Lipinski definition) is 2. The van der Waals surface area contributed by atoms with Gasteiger partial charge in [0.2, 0.25) is 0 Å². The second-order valence-electron chi connectivity index (χ2n) is 5.93. The Morgan fingerprint density at radius 2 is 2.05 bits per heavy atom. The number of piperidine rings is 1. The number of imidazole rings is 1. The maximum atomic E-state index is 12.2. The fourth-order valence-electron chi connectivity index (χ4n) is 3.20. The molecule has 0 radical (unpaired) electrons. The van der Waals surface area contributed by atoms with Crippen LogP contribution in [0.5, 0.6) is 0 Å². The Morgan fingerprint density at radius 1 is 1.33 bits per heavy atom. The summed E-state index contributed by atoms with van der Waals surface area (Å²) in [6, 6.07) is 8.25.